The summed E-state index contributed by atoms with van der Waals surface area (Å²) in [5, 5.41) is 20.8. The minimum atomic E-state index is -2.84. The van der Waals surface area contributed by atoms with Crippen molar-refractivity contribution in [3.05, 3.63) is 71.8 Å². The molecule has 1 aliphatic rings. The molecule has 0 spiro atoms. The average Bonchev–Trinajstić information content (AvgIpc) is 3.09. The molecule has 10 nitrogen and oxygen atoms in total. The number of carboxylic acid groups (broad SMARTS) is 1. The third kappa shape index (κ3) is 13.5. The van der Waals surface area contributed by atoms with Crippen LogP contribution >= 0.6 is 0 Å². The fourth-order valence-electron chi connectivity index (χ4n) is 6.74. The predicted molar refractivity (Wildman–Crippen MR) is 191 cm³/mol. The first-order valence-corrected chi connectivity index (χ1v) is 18.1. The molecule has 0 radical (unpaired) electrons. The monoisotopic (exact) mass is 712 g/mol. The molecule has 1 aliphatic carbocycles. The van der Waals surface area contributed by atoms with Gasteiger partial charge in [0.1, 0.15) is 12.1 Å². The van der Waals surface area contributed by atoms with Crippen LogP contribution in [0.1, 0.15) is 103 Å². The average molecular weight is 713 g/mol. The third-order valence-electron chi connectivity index (χ3n) is 9.30. The molecule has 51 heavy (non-hydrogen) atoms. The summed E-state index contributed by atoms with van der Waals surface area (Å²) in [7, 11) is 0. The van der Waals surface area contributed by atoms with Gasteiger partial charge in [-0.3, -0.25) is 24.0 Å². The van der Waals surface area contributed by atoms with E-state index in [0.29, 0.717) is 0 Å². The summed E-state index contributed by atoms with van der Waals surface area (Å²) < 4.78 is 26.9. The first-order chi connectivity index (χ1) is 24.3. The normalized spacial score (nSPS) is 16.0. The van der Waals surface area contributed by atoms with Gasteiger partial charge < -0.3 is 26.4 Å². The van der Waals surface area contributed by atoms with Crippen molar-refractivity contribution in [1.82, 2.24) is 21.3 Å². The maximum atomic E-state index is 14.3. The Morgan fingerprint density at radius 1 is 0.725 bits per heavy atom. The molecular formula is C39H54F2N4O6. The number of benzene rings is 2. The second-order valence-electron chi connectivity index (χ2n) is 14.1. The number of hydrogen-bond acceptors (Lipinski definition) is 6. The summed E-state index contributed by atoms with van der Waals surface area (Å²) in [6.45, 7) is 6.90. The molecule has 12 heteroatoms. The fraction of sp³-hybridized carbons (Fsp3) is 0.564. The topological polar surface area (TPSA) is 154 Å². The number of aliphatic carboxylic acids is 1. The number of alkyl halides is 2. The molecular weight excluding hydrogens is 658 g/mol. The molecule has 0 heterocycles. The van der Waals surface area contributed by atoms with Crippen LogP contribution in [0.25, 0.3) is 0 Å². The lowest BCUT2D eigenvalue weighted by molar-refractivity contribution is -0.138. The van der Waals surface area contributed by atoms with Crippen molar-refractivity contribution < 1.29 is 37.9 Å². The second-order valence-corrected chi connectivity index (χ2v) is 14.1. The Labute approximate surface area is 299 Å². The number of carboxylic acids is 1. The molecule has 1 unspecified atom stereocenters. The summed E-state index contributed by atoms with van der Waals surface area (Å²) >= 11 is 0. The zero-order valence-corrected chi connectivity index (χ0v) is 30.1. The Bertz CT molecular complexity index is 1380. The maximum Gasteiger partial charge on any atom is 0.303 e. The molecule has 3 amide bonds. The minimum absolute atomic E-state index is 0.0633. The Hall–Kier alpha value is -4.19. The van der Waals surface area contributed by atoms with E-state index in [-0.39, 0.29) is 24.8 Å². The van der Waals surface area contributed by atoms with E-state index < -0.39 is 84.7 Å². The van der Waals surface area contributed by atoms with Crippen LogP contribution in [0.5, 0.6) is 0 Å². The first-order valence-electron chi connectivity index (χ1n) is 18.1. The number of nitrogens with one attached hydrogen (secondary N) is 4. The molecule has 0 aliphatic heterocycles. The zero-order valence-electron chi connectivity index (χ0n) is 30.1. The number of ketones is 1. The smallest absolute Gasteiger partial charge is 0.303 e. The molecule has 1 fully saturated rings. The van der Waals surface area contributed by atoms with Crippen LogP contribution in [-0.2, 0) is 24.0 Å². The van der Waals surface area contributed by atoms with Gasteiger partial charge in [0.2, 0.25) is 24.1 Å². The molecule has 1 saturated carbocycles. The number of carbonyl (C=O) groups is 5. The Morgan fingerprint density at radius 3 is 1.73 bits per heavy atom. The van der Waals surface area contributed by atoms with E-state index in [1.54, 1.807) is 13.8 Å². The molecule has 4 atom stereocenters. The molecule has 0 saturated heterocycles. The van der Waals surface area contributed by atoms with Gasteiger partial charge in [-0.1, -0.05) is 120 Å². The molecule has 3 rings (SSSR count). The van der Waals surface area contributed by atoms with Gasteiger partial charge in [0.25, 0.3) is 0 Å². The van der Waals surface area contributed by atoms with Gasteiger partial charge in [0.05, 0.1) is 12.1 Å². The third-order valence-corrected chi connectivity index (χ3v) is 9.30. The first kappa shape index (κ1) is 41.2. The molecule has 0 bridgehead atoms. The van der Waals surface area contributed by atoms with E-state index in [2.05, 4.69) is 21.3 Å². The minimum Gasteiger partial charge on any atom is -0.481 e. The highest BCUT2D eigenvalue weighted by molar-refractivity contribution is 5.96. The van der Waals surface area contributed by atoms with Gasteiger partial charge in [0.15, 0.2) is 5.78 Å². The largest absolute Gasteiger partial charge is 0.481 e. The van der Waals surface area contributed by atoms with Crippen LogP contribution in [-0.4, -0.2) is 71.2 Å². The van der Waals surface area contributed by atoms with Crippen LogP contribution < -0.4 is 21.3 Å². The highest BCUT2D eigenvalue weighted by Crippen LogP contribution is 2.30. The second kappa shape index (κ2) is 20.6. The Balaban J connectivity index is 1.94. The fourth-order valence-corrected chi connectivity index (χ4v) is 6.74. The van der Waals surface area contributed by atoms with E-state index in [9.17, 15) is 37.9 Å². The van der Waals surface area contributed by atoms with E-state index in [1.807, 2.05) is 74.5 Å². The van der Waals surface area contributed by atoms with E-state index in [4.69, 9.17) is 0 Å². The van der Waals surface area contributed by atoms with Crippen molar-refractivity contribution >= 4 is 29.5 Å². The standard InChI is InChI=1S/C39H54F2N4O6/c1-24(2)36(48)30(23-32(40)41)44-38(50)31(22-26-14-8-5-9-15-26)45-37(49)29(20-21-33(46)47)43-39(51)35(42-25(3)4)34(27-16-10-6-11-17-27)28-18-12-7-13-19-28/h6-7,10-13,16-19,24-26,29-32,34-35,42H,5,8-9,14-15,20-23H2,1-4H3,(H,43,51)(H,44,50)(H,45,49)(H,46,47)/t29-,30?,31-,35-/m0/s1. The van der Waals surface area contributed by atoms with Gasteiger partial charge in [-0.25, -0.2) is 8.78 Å². The Morgan fingerprint density at radius 2 is 1.24 bits per heavy atom. The summed E-state index contributed by atoms with van der Waals surface area (Å²) in [6, 6.07) is 13.9. The number of rotatable bonds is 20. The SMILES string of the molecule is CC(C)N[C@H](C(=O)N[C@@H](CCC(=O)O)C(=O)N[C@@H](CC1CCCCC1)C(=O)NC(CC(F)F)C(=O)C(C)C)C(c1ccccc1)c1ccccc1. The quantitative estimate of drug-likeness (QED) is 0.124. The van der Waals surface area contributed by atoms with Crippen molar-refractivity contribution in [3.63, 3.8) is 0 Å². The summed E-state index contributed by atoms with van der Waals surface area (Å²) in [4.78, 5) is 66.4. The summed E-state index contributed by atoms with van der Waals surface area (Å²) in [6.07, 6.45) is 0.343. The zero-order chi connectivity index (χ0) is 37.5. The number of amides is 3. The van der Waals surface area contributed by atoms with Gasteiger partial charge in [-0.2, -0.15) is 0 Å². The predicted octanol–water partition coefficient (Wildman–Crippen LogP) is 5.36. The van der Waals surface area contributed by atoms with Gasteiger partial charge in [-0.15, -0.1) is 0 Å². The molecule has 2 aromatic carbocycles. The number of hydrogen-bond donors (Lipinski definition) is 5. The van der Waals surface area contributed by atoms with E-state index in [1.165, 1.54) is 0 Å². The number of Topliss-reactive ketones (excluding diaryl/α,β-unsaturated/α-hetero) is 1. The van der Waals surface area contributed by atoms with Gasteiger partial charge >= 0.3 is 5.97 Å². The van der Waals surface area contributed by atoms with Crippen molar-refractivity contribution in [3.8, 4) is 0 Å². The lowest BCUT2D eigenvalue weighted by Gasteiger charge is -2.32. The molecule has 2 aromatic rings. The van der Waals surface area contributed by atoms with Crippen LogP contribution in [0.3, 0.4) is 0 Å². The number of halogens is 2. The van der Waals surface area contributed by atoms with Gasteiger partial charge in [-0.05, 0) is 29.9 Å². The summed E-state index contributed by atoms with van der Waals surface area (Å²) in [5.74, 6) is -4.85. The Kier molecular flexibility index (Phi) is 16.7. The molecule has 5 N–H and O–H groups in total. The van der Waals surface area contributed by atoms with Crippen molar-refractivity contribution in [1.29, 1.82) is 0 Å². The van der Waals surface area contributed by atoms with Crippen molar-refractivity contribution in [2.45, 2.75) is 128 Å². The van der Waals surface area contributed by atoms with Crippen molar-refractivity contribution in [2.24, 2.45) is 11.8 Å². The van der Waals surface area contributed by atoms with E-state index in [0.717, 1.165) is 43.2 Å². The number of carbonyl (C=O) groups excluding carboxylic acids is 4. The lowest BCUT2D eigenvalue weighted by atomic mass is 9.84. The highest BCUT2D eigenvalue weighted by atomic mass is 19.3. The van der Waals surface area contributed by atoms with Gasteiger partial charge in [0, 0.05) is 30.7 Å². The van der Waals surface area contributed by atoms with E-state index >= 15 is 0 Å². The van der Waals surface area contributed by atoms with Crippen LogP contribution in [0.15, 0.2) is 60.7 Å². The van der Waals surface area contributed by atoms with Crippen LogP contribution in [0.2, 0.25) is 0 Å². The molecule has 0 aromatic heterocycles. The molecule has 280 valence electrons. The lowest BCUT2D eigenvalue weighted by Crippen LogP contribution is -2.59. The highest BCUT2D eigenvalue weighted by Gasteiger charge is 2.36. The van der Waals surface area contributed by atoms with Crippen molar-refractivity contribution in [2.75, 3.05) is 0 Å². The van der Waals surface area contributed by atoms with Crippen LogP contribution in [0.4, 0.5) is 8.78 Å². The maximum absolute atomic E-state index is 14.3. The summed E-state index contributed by atoms with van der Waals surface area (Å²) in [5.41, 5.74) is 1.70. The van der Waals surface area contributed by atoms with Crippen LogP contribution in [0, 0.1) is 11.8 Å².